The molecule has 5 heteroatoms. The quantitative estimate of drug-likeness (QED) is 0.898. The first-order valence-corrected chi connectivity index (χ1v) is 7.78. The van der Waals surface area contributed by atoms with Gasteiger partial charge in [0, 0.05) is 17.3 Å². The van der Waals surface area contributed by atoms with Gasteiger partial charge < -0.3 is 10.4 Å². The fourth-order valence-electron chi connectivity index (χ4n) is 1.48. The number of aliphatic hydroxyl groups is 1. The molecule has 20 heavy (non-hydrogen) atoms. The SMILES string of the molecule is CC(C)(C)c1nc(CC(=O)NCC(O)C(C)(C)C)cs1. The largest absolute Gasteiger partial charge is 0.391 e. The first-order valence-electron chi connectivity index (χ1n) is 6.90. The molecule has 0 spiro atoms. The lowest BCUT2D eigenvalue weighted by Crippen LogP contribution is -2.39. The van der Waals surface area contributed by atoms with Gasteiger partial charge in [-0.2, -0.15) is 0 Å². The first kappa shape index (κ1) is 17.1. The minimum Gasteiger partial charge on any atom is -0.391 e. The van der Waals surface area contributed by atoms with Crippen LogP contribution >= 0.6 is 11.3 Å². The summed E-state index contributed by atoms with van der Waals surface area (Å²) in [5.74, 6) is -0.0981. The maximum Gasteiger partial charge on any atom is 0.226 e. The molecule has 0 aliphatic carbocycles. The van der Waals surface area contributed by atoms with E-state index in [2.05, 4.69) is 31.1 Å². The number of nitrogens with zero attached hydrogens (tertiary/aromatic N) is 1. The van der Waals surface area contributed by atoms with Gasteiger partial charge in [-0.05, 0) is 5.41 Å². The third-order valence-corrected chi connectivity index (χ3v) is 4.34. The molecule has 0 saturated heterocycles. The van der Waals surface area contributed by atoms with Crippen molar-refractivity contribution >= 4 is 17.2 Å². The van der Waals surface area contributed by atoms with Crippen LogP contribution in [0.25, 0.3) is 0 Å². The maximum atomic E-state index is 11.8. The third-order valence-electron chi connectivity index (χ3n) is 3.03. The van der Waals surface area contributed by atoms with Crippen molar-refractivity contribution in [2.75, 3.05) is 6.54 Å². The van der Waals surface area contributed by atoms with E-state index in [1.807, 2.05) is 26.2 Å². The molecule has 1 heterocycles. The van der Waals surface area contributed by atoms with Crippen LogP contribution in [0.5, 0.6) is 0 Å². The second kappa shape index (κ2) is 6.22. The first-order chi connectivity index (χ1) is 9.00. The minimum absolute atomic E-state index is 0.0157. The summed E-state index contributed by atoms with van der Waals surface area (Å²) in [7, 11) is 0. The van der Waals surface area contributed by atoms with Crippen LogP contribution in [0.4, 0.5) is 0 Å². The number of carbonyl (C=O) groups excluding carboxylic acids is 1. The van der Waals surface area contributed by atoms with Gasteiger partial charge in [0.2, 0.25) is 5.91 Å². The molecule has 4 nitrogen and oxygen atoms in total. The Morgan fingerprint density at radius 2 is 1.95 bits per heavy atom. The highest BCUT2D eigenvalue weighted by molar-refractivity contribution is 7.09. The smallest absolute Gasteiger partial charge is 0.226 e. The Labute approximate surface area is 125 Å². The summed E-state index contributed by atoms with van der Waals surface area (Å²) in [6.45, 7) is 12.4. The van der Waals surface area contributed by atoms with Crippen molar-refractivity contribution < 1.29 is 9.90 Å². The zero-order valence-electron chi connectivity index (χ0n) is 13.3. The average Bonchev–Trinajstić information content (AvgIpc) is 2.72. The van der Waals surface area contributed by atoms with Crippen molar-refractivity contribution in [1.29, 1.82) is 0 Å². The van der Waals surface area contributed by atoms with Crippen LogP contribution < -0.4 is 5.32 Å². The van der Waals surface area contributed by atoms with Crippen LogP contribution in [0.1, 0.15) is 52.2 Å². The van der Waals surface area contributed by atoms with Crippen LogP contribution in [-0.2, 0) is 16.6 Å². The van der Waals surface area contributed by atoms with Crippen LogP contribution in [0.15, 0.2) is 5.38 Å². The molecule has 1 aromatic rings. The van der Waals surface area contributed by atoms with Gasteiger partial charge >= 0.3 is 0 Å². The predicted octanol–water partition coefficient (Wildman–Crippen LogP) is 2.51. The molecule has 0 aromatic carbocycles. The summed E-state index contributed by atoms with van der Waals surface area (Å²) in [5.41, 5.74) is 0.581. The Hall–Kier alpha value is -0.940. The van der Waals surface area contributed by atoms with Crippen LogP contribution in [-0.4, -0.2) is 28.6 Å². The molecule has 2 N–H and O–H groups in total. The molecule has 1 atom stereocenters. The van der Waals surface area contributed by atoms with E-state index in [1.165, 1.54) is 0 Å². The van der Waals surface area contributed by atoms with Gasteiger partial charge in [-0.15, -0.1) is 11.3 Å². The van der Waals surface area contributed by atoms with E-state index >= 15 is 0 Å². The van der Waals surface area contributed by atoms with E-state index < -0.39 is 6.10 Å². The van der Waals surface area contributed by atoms with Crippen molar-refractivity contribution in [3.63, 3.8) is 0 Å². The summed E-state index contributed by atoms with van der Waals surface area (Å²) < 4.78 is 0. The van der Waals surface area contributed by atoms with Crippen LogP contribution in [0.3, 0.4) is 0 Å². The Bertz CT molecular complexity index is 455. The van der Waals surface area contributed by atoms with Gasteiger partial charge in [-0.25, -0.2) is 4.98 Å². The van der Waals surface area contributed by atoms with E-state index in [4.69, 9.17) is 0 Å². The molecule has 1 rings (SSSR count). The highest BCUT2D eigenvalue weighted by Gasteiger charge is 2.23. The van der Waals surface area contributed by atoms with Gasteiger partial charge in [0.15, 0.2) is 0 Å². The molecule has 1 unspecified atom stereocenters. The minimum atomic E-state index is -0.549. The molecular formula is C15H26N2O2S. The van der Waals surface area contributed by atoms with E-state index in [1.54, 1.807) is 11.3 Å². The van der Waals surface area contributed by atoms with Crippen molar-refractivity contribution in [3.05, 3.63) is 16.1 Å². The molecule has 1 amide bonds. The second-order valence-corrected chi connectivity index (χ2v) is 8.11. The fourth-order valence-corrected chi connectivity index (χ4v) is 2.38. The van der Waals surface area contributed by atoms with Crippen molar-refractivity contribution in [2.45, 2.75) is 59.5 Å². The number of hydrogen-bond acceptors (Lipinski definition) is 4. The van der Waals surface area contributed by atoms with Crippen molar-refractivity contribution in [2.24, 2.45) is 5.41 Å². The normalized spacial score (nSPS) is 14.2. The van der Waals surface area contributed by atoms with E-state index in [-0.39, 0.29) is 29.7 Å². The number of nitrogens with one attached hydrogen (secondary N) is 1. The molecular weight excluding hydrogens is 272 g/mol. The molecule has 114 valence electrons. The Morgan fingerprint density at radius 1 is 1.35 bits per heavy atom. The van der Waals surface area contributed by atoms with Gasteiger partial charge in [-0.1, -0.05) is 41.5 Å². The topological polar surface area (TPSA) is 62.2 Å². The third kappa shape index (κ3) is 5.21. The number of carbonyl (C=O) groups is 1. The van der Waals surface area contributed by atoms with E-state index in [9.17, 15) is 9.90 Å². The molecule has 0 bridgehead atoms. The van der Waals surface area contributed by atoms with Gasteiger partial charge in [0.1, 0.15) is 0 Å². The Balaban J connectivity index is 2.49. The molecule has 0 saturated carbocycles. The Kier molecular flexibility index (Phi) is 5.33. The highest BCUT2D eigenvalue weighted by Crippen LogP contribution is 2.25. The fraction of sp³-hybridized carbons (Fsp3) is 0.733. The number of amides is 1. The van der Waals surface area contributed by atoms with E-state index in [0.717, 1.165) is 10.7 Å². The number of thiazole rings is 1. The summed E-state index contributed by atoms with van der Waals surface area (Å²) in [4.78, 5) is 16.3. The van der Waals surface area contributed by atoms with Crippen molar-refractivity contribution in [1.82, 2.24) is 10.3 Å². The summed E-state index contributed by atoms with van der Waals surface area (Å²) in [5, 5.41) is 15.6. The molecule has 0 radical (unpaired) electrons. The molecule has 0 aliphatic heterocycles. The highest BCUT2D eigenvalue weighted by atomic mass is 32.1. The lowest BCUT2D eigenvalue weighted by atomic mass is 9.89. The van der Waals surface area contributed by atoms with Gasteiger partial charge in [0.25, 0.3) is 0 Å². The zero-order chi connectivity index (χ0) is 15.6. The number of rotatable bonds is 4. The maximum absolute atomic E-state index is 11.8. The van der Waals surface area contributed by atoms with Gasteiger partial charge in [-0.3, -0.25) is 4.79 Å². The number of aliphatic hydroxyl groups excluding tert-OH is 1. The second-order valence-electron chi connectivity index (χ2n) is 7.26. The van der Waals surface area contributed by atoms with Gasteiger partial charge in [0.05, 0.1) is 23.2 Å². The number of aromatic nitrogens is 1. The molecule has 1 aromatic heterocycles. The predicted molar refractivity (Wildman–Crippen MR) is 83.0 cm³/mol. The van der Waals surface area contributed by atoms with Crippen molar-refractivity contribution in [3.8, 4) is 0 Å². The van der Waals surface area contributed by atoms with E-state index in [0.29, 0.717) is 0 Å². The zero-order valence-corrected chi connectivity index (χ0v) is 14.1. The Morgan fingerprint density at radius 3 is 2.40 bits per heavy atom. The summed E-state index contributed by atoms with van der Waals surface area (Å²) in [6.07, 6.45) is -0.282. The van der Waals surface area contributed by atoms with Crippen LogP contribution in [0, 0.1) is 5.41 Å². The summed E-state index contributed by atoms with van der Waals surface area (Å²) in [6, 6.07) is 0. The monoisotopic (exact) mass is 298 g/mol. The van der Waals surface area contributed by atoms with Crippen LogP contribution in [0.2, 0.25) is 0 Å². The number of hydrogen-bond donors (Lipinski definition) is 2. The average molecular weight is 298 g/mol. The lowest BCUT2D eigenvalue weighted by Gasteiger charge is -2.25. The lowest BCUT2D eigenvalue weighted by molar-refractivity contribution is -0.121. The standard InChI is InChI=1S/C15H26N2O2S/c1-14(2,3)11(18)8-16-12(19)7-10-9-20-13(17-10)15(4,5)6/h9,11,18H,7-8H2,1-6H3,(H,16,19). The molecule has 0 fully saturated rings. The summed E-state index contributed by atoms with van der Waals surface area (Å²) >= 11 is 1.59. The molecule has 0 aliphatic rings.